The van der Waals surface area contributed by atoms with E-state index in [2.05, 4.69) is 120 Å². The molecule has 294 valence electrons. The number of furan rings is 1. The molecule has 13 aromatic rings. The van der Waals surface area contributed by atoms with Gasteiger partial charge in [-0.25, -0.2) is 24.9 Å². The van der Waals surface area contributed by atoms with Gasteiger partial charge in [0.2, 0.25) is 0 Å². The fourth-order valence-corrected chi connectivity index (χ4v) is 10.1. The summed E-state index contributed by atoms with van der Waals surface area (Å²) in [5.74, 6) is 2.31. The molecule has 0 aliphatic carbocycles. The van der Waals surface area contributed by atoms with Crippen LogP contribution in [0.15, 0.2) is 199 Å². The molecule has 5 aromatic heterocycles. The lowest BCUT2D eigenvalue weighted by Gasteiger charge is -2.16. The third kappa shape index (κ3) is 5.76. The van der Waals surface area contributed by atoms with Crippen molar-refractivity contribution in [3.05, 3.63) is 194 Å². The molecular weight excluding hydrogens is 793 g/mol. The average molecular weight is 825 g/mol. The van der Waals surface area contributed by atoms with Crippen molar-refractivity contribution < 1.29 is 4.42 Å². The minimum atomic E-state index is 0.533. The zero-order chi connectivity index (χ0) is 41.4. The van der Waals surface area contributed by atoms with E-state index in [1.54, 1.807) is 11.3 Å². The van der Waals surface area contributed by atoms with Gasteiger partial charge < -0.3 is 8.98 Å². The van der Waals surface area contributed by atoms with Gasteiger partial charge in [0.1, 0.15) is 11.2 Å². The summed E-state index contributed by atoms with van der Waals surface area (Å²) in [6.07, 6.45) is 0. The molecule has 0 bridgehead atoms. The highest BCUT2D eigenvalue weighted by Gasteiger charge is 2.23. The van der Waals surface area contributed by atoms with Crippen molar-refractivity contribution in [1.29, 1.82) is 0 Å². The molecule has 5 heterocycles. The summed E-state index contributed by atoms with van der Waals surface area (Å²) in [5.41, 5.74) is 11.0. The summed E-state index contributed by atoms with van der Waals surface area (Å²) in [4.78, 5) is 26.4. The van der Waals surface area contributed by atoms with Crippen LogP contribution in [0.25, 0.3) is 127 Å². The maximum atomic E-state index is 6.44. The zero-order valence-corrected chi connectivity index (χ0v) is 34.3. The molecule has 8 aromatic carbocycles. The van der Waals surface area contributed by atoms with Crippen molar-refractivity contribution in [2.75, 3.05) is 0 Å². The van der Waals surface area contributed by atoms with E-state index in [4.69, 9.17) is 29.3 Å². The average Bonchev–Trinajstić information content (AvgIpc) is 4.02. The molecule has 13 rings (SSSR count). The highest BCUT2D eigenvalue weighted by Crippen LogP contribution is 2.43. The number of fused-ring (bicyclic) bond motifs is 9. The molecule has 0 unspecified atom stereocenters. The molecule has 0 saturated carbocycles. The number of aromatic nitrogens is 6. The van der Waals surface area contributed by atoms with E-state index in [-0.39, 0.29) is 0 Å². The summed E-state index contributed by atoms with van der Waals surface area (Å²) in [7, 11) is 0. The van der Waals surface area contributed by atoms with Crippen LogP contribution in [0.3, 0.4) is 0 Å². The quantitative estimate of drug-likeness (QED) is 0.166. The van der Waals surface area contributed by atoms with E-state index in [0.717, 1.165) is 98.5 Å². The van der Waals surface area contributed by atoms with Gasteiger partial charge in [0, 0.05) is 59.4 Å². The Labute approximate surface area is 364 Å². The van der Waals surface area contributed by atoms with E-state index in [1.165, 1.54) is 4.70 Å². The Morgan fingerprint density at radius 2 is 0.984 bits per heavy atom. The number of hydrogen-bond donors (Lipinski definition) is 0. The molecule has 0 aliphatic heterocycles. The van der Waals surface area contributed by atoms with Crippen LogP contribution in [0.5, 0.6) is 0 Å². The van der Waals surface area contributed by atoms with E-state index < -0.39 is 0 Å². The van der Waals surface area contributed by atoms with Crippen molar-refractivity contribution in [3.63, 3.8) is 0 Å². The van der Waals surface area contributed by atoms with Gasteiger partial charge in [-0.1, -0.05) is 146 Å². The molecule has 8 heteroatoms. The first kappa shape index (κ1) is 35.4. The Morgan fingerprint density at radius 1 is 0.381 bits per heavy atom. The molecule has 0 fully saturated rings. The van der Waals surface area contributed by atoms with Crippen LogP contribution in [0.1, 0.15) is 0 Å². The zero-order valence-electron chi connectivity index (χ0n) is 33.5. The Hall–Kier alpha value is -8.33. The maximum absolute atomic E-state index is 6.44. The predicted octanol–water partition coefficient (Wildman–Crippen LogP) is 14.4. The fraction of sp³-hybridized carbons (Fsp3) is 0. The molecule has 0 saturated heterocycles. The van der Waals surface area contributed by atoms with Gasteiger partial charge in [0.05, 0.1) is 32.6 Å². The number of nitrogens with zero attached hydrogens (tertiary/aromatic N) is 6. The Bertz CT molecular complexity index is 3860. The second-order valence-electron chi connectivity index (χ2n) is 15.6. The third-order valence-electron chi connectivity index (χ3n) is 11.9. The van der Waals surface area contributed by atoms with Crippen LogP contribution in [-0.4, -0.2) is 29.5 Å². The van der Waals surface area contributed by atoms with Crippen molar-refractivity contribution in [1.82, 2.24) is 29.5 Å². The Balaban J connectivity index is 1.13. The predicted molar refractivity (Wildman–Crippen MR) is 257 cm³/mol. The van der Waals surface area contributed by atoms with Gasteiger partial charge >= 0.3 is 0 Å². The highest BCUT2D eigenvalue weighted by atomic mass is 32.1. The van der Waals surface area contributed by atoms with Crippen LogP contribution in [0.4, 0.5) is 0 Å². The topological polar surface area (TPSA) is 82.5 Å². The summed E-state index contributed by atoms with van der Waals surface area (Å²) in [6.45, 7) is 0. The van der Waals surface area contributed by atoms with E-state index in [1.807, 2.05) is 78.9 Å². The number of hydrogen-bond acceptors (Lipinski definition) is 7. The maximum Gasteiger partial charge on any atom is 0.166 e. The van der Waals surface area contributed by atoms with Crippen molar-refractivity contribution in [3.8, 4) is 62.5 Å². The first-order valence-electron chi connectivity index (χ1n) is 20.8. The Morgan fingerprint density at radius 3 is 1.73 bits per heavy atom. The van der Waals surface area contributed by atoms with Gasteiger partial charge in [0.15, 0.2) is 23.3 Å². The SMILES string of the molecule is c1ccc(-c2nc(-c3ccccc3)nc(-c3cc(-c4nc(-c5ccccc5)c5sc6ccccc6c5n4)ccc3-n3c4ccccc4c4cc5oc6ccccc6c5cc43)n2)cc1. The van der Waals surface area contributed by atoms with Crippen LogP contribution < -0.4 is 0 Å². The monoisotopic (exact) mass is 824 g/mol. The molecule has 0 amide bonds. The summed E-state index contributed by atoms with van der Waals surface area (Å²) < 4.78 is 11.0. The van der Waals surface area contributed by atoms with Crippen molar-refractivity contribution >= 4 is 75.4 Å². The normalized spacial score (nSPS) is 11.8. The highest BCUT2D eigenvalue weighted by molar-refractivity contribution is 7.26. The standard InChI is InChI=1S/C55H32N6OS/c1-4-16-33(17-5-1)49-51-50(39-24-12-15-27-48(39)63-51)57-54(56-49)36-28-29-44(42(30-36)55-59-52(34-18-6-2-7-19-34)58-53(60-55)35-20-8-3-9-21-35)61-43-25-13-10-22-37(43)40-32-47-41(31-45(40)61)38-23-11-14-26-46(38)62-47/h1-32H. The molecule has 7 nitrogen and oxygen atoms in total. The van der Waals surface area contributed by atoms with Crippen LogP contribution >= 0.6 is 11.3 Å². The number of benzene rings is 8. The largest absolute Gasteiger partial charge is 0.456 e. The molecule has 0 N–H and O–H groups in total. The van der Waals surface area contributed by atoms with E-state index in [9.17, 15) is 0 Å². The molecular formula is C55H32N6OS. The lowest BCUT2D eigenvalue weighted by atomic mass is 10.0. The van der Waals surface area contributed by atoms with Crippen LogP contribution in [0, 0.1) is 0 Å². The van der Waals surface area contributed by atoms with Crippen molar-refractivity contribution in [2.24, 2.45) is 0 Å². The third-order valence-corrected chi connectivity index (χ3v) is 13.0. The molecule has 63 heavy (non-hydrogen) atoms. The summed E-state index contributed by atoms with van der Waals surface area (Å²) in [6, 6.07) is 66.7. The summed E-state index contributed by atoms with van der Waals surface area (Å²) in [5, 5.41) is 5.43. The number of rotatable bonds is 6. The smallest absolute Gasteiger partial charge is 0.166 e. The molecule has 0 aliphatic rings. The van der Waals surface area contributed by atoms with Crippen molar-refractivity contribution in [2.45, 2.75) is 0 Å². The lowest BCUT2D eigenvalue weighted by molar-refractivity contribution is 0.669. The number of thiophene rings is 1. The fourth-order valence-electron chi connectivity index (χ4n) is 8.94. The van der Waals surface area contributed by atoms with Crippen LogP contribution in [-0.2, 0) is 0 Å². The second kappa shape index (κ2) is 14.1. The molecule has 0 spiro atoms. The first-order chi connectivity index (χ1) is 31.2. The van der Waals surface area contributed by atoms with E-state index in [0.29, 0.717) is 23.3 Å². The van der Waals surface area contributed by atoms with E-state index >= 15 is 0 Å². The molecule has 0 radical (unpaired) electrons. The van der Waals surface area contributed by atoms with Gasteiger partial charge in [-0.05, 0) is 48.5 Å². The van der Waals surface area contributed by atoms with Gasteiger partial charge in [-0.15, -0.1) is 11.3 Å². The molecule has 0 atom stereocenters. The van der Waals surface area contributed by atoms with Gasteiger partial charge in [0.25, 0.3) is 0 Å². The Kier molecular flexibility index (Phi) is 7.94. The minimum absolute atomic E-state index is 0.533. The first-order valence-corrected chi connectivity index (χ1v) is 21.6. The van der Waals surface area contributed by atoms with Gasteiger partial charge in [-0.2, -0.15) is 0 Å². The van der Waals surface area contributed by atoms with Gasteiger partial charge in [-0.3, -0.25) is 0 Å². The van der Waals surface area contributed by atoms with Crippen LogP contribution in [0.2, 0.25) is 0 Å². The second-order valence-corrected chi connectivity index (χ2v) is 16.7. The lowest BCUT2D eigenvalue weighted by Crippen LogP contribution is -2.04. The number of para-hydroxylation sites is 2. The minimum Gasteiger partial charge on any atom is -0.456 e. The summed E-state index contributed by atoms with van der Waals surface area (Å²) >= 11 is 1.73.